The minimum atomic E-state index is 1.01. The Balaban J connectivity index is 2.24. The van der Waals surface area contributed by atoms with Gasteiger partial charge in [-0.15, -0.1) is 11.3 Å². The van der Waals surface area contributed by atoms with Gasteiger partial charge in [0.25, 0.3) is 0 Å². The second-order valence-electron chi connectivity index (χ2n) is 3.81. The zero-order chi connectivity index (χ0) is 11.7. The van der Waals surface area contributed by atoms with Crippen LogP contribution in [0, 0.1) is 0 Å². The van der Waals surface area contributed by atoms with Crippen molar-refractivity contribution in [3.8, 4) is 11.3 Å². The Morgan fingerprint density at radius 3 is 2.71 bits per heavy atom. The van der Waals surface area contributed by atoms with Crippen LogP contribution < -0.4 is 5.32 Å². The first-order valence-corrected chi connectivity index (χ1v) is 6.38. The molecule has 17 heavy (non-hydrogen) atoms. The van der Waals surface area contributed by atoms with E-state index in [0.29, 0.717) is 0 Å². The number of thiophene rings is 1. The molecule has 3 rings (SSSR count). The number of nitrogens with zero attached hydrogens (tertiary/aromatic N) is 1. The lowest BCUT2D eigenvalue weighted by molar-refractivity contribution is 1.40. The Kier molecular flexibility index (Phi) is 2.53. The predicted octanol–water partition coefficient (Wildman–Crippen LogP) is 4.01. The number of anilines is 1. The third-order valence-electron chi connectivity index (χ3n) is 2.75. The van der Waals surface area contributed by atoms with Crippen LogP contribution in [0.5, 0.6) is 0 Å². The van der Waals surface area contributed by atoms with E-state index in [4.69, 9.17) is 0 Å². The monoisotopic (exact) mass is 240 g/mol. The molecule has 3 aromatic rings. The lowest BCUT2D eigenvalue weighted by Gasteiger charge is -2.06. The van der Waals surface area contributed by atoms with E-state index >= 15 is 0 Å². The maximum Gasteiger partial charge on any atom is 0.0838 e. The fraction of sp³-hybridized carbons (Fsp3) is 0.0714. The van der Waals surface area contributed by atoms with Crippen LogP contribution in [0.25, 0.3) is 21.5 Å². The van der Waals surface area contributed by atoms with E-state index in [0.717, 1.165) is 22.5 Å². The highest BCUT2D eigenvalue weighted by Crippen LogP contribution is 2.31. The van der Waals surface area contributed by atoms with Crippen LogP contribution in [-0.4, -0.2) is 12.0 Å². The molecular formula is C14H12N2S. The summed E-state index contributed by atoms with van der Waals surface area (Å²) in [5.41, 5.74) is 4.36. The predicted molar refractivity (Wildman–Crippen MR) is 74.6 cm³/mol. The van der Waals surface area contributed by atoms with Gasteiger partial charge in [-0.1, -0.05) is 30.3 Å². The van der Waals surface area contributed by atoms with E-state index < -0.39 is 0 Å². The standard InChI is InChI=1S/C14H12N2S/c1-15-13-9-12(10-5-3-2-4-6-10)16-11-7-8-17-14(11)13/h2-9H,1H3,(H,15,16). The summed E-state index contributed by atoms with van der Waals surface area (Å²) in [4.78, 5) is 4.68. The lowest BCUT2D eigenvalue weighted by atomic mass is 10.1. The van der Waals surface area contributed by atoms with Gasteiger partial charge in [0.05, 0.1) is 21.6 Å². The molecule has 0 radical (unpaired) electrons. The minimum absolute atomic E-state index is 1.01. The van der Waals surface area contributed by atoms with E-state index in [1.165, 1.54) is 4.70 Å². The van der Waals surface area contributed by atoms with E-state index in [-0.39, 0.29) is 0 Å². The summed E-state index contributed by atoms with van der Waals surface area (Å²) < 4.78 is 1.21. The van der Waals surface area contributed by atoms with Crippen molar-refractivity contribution in [3.63, 3.8) is 0 Å². The summed E-state index contributed by atoms with van der Waals surface area (Å²) in [5, 5.41) is 5.31. The molecular weight excluding hydrogens is 228 g/mol. The molecule has 0 spiro atoms. The molecule has 0 aliphatic rings. The normalized spacial score (nSPS) is 10.6. The van der Waals surface area contributed by atoms with Crippen LogP contribution in [0.1, 0.15) is 0 Å². The van der Waals surface area contributed by atoms with Crippen LogP contribution >= 0.6 is 11.3 Å². The zero-order valence-electron chi connectivity index (χ0n) is 9.47. The first kappa shape index (κ1) is 10.3. The van der Waals surface area contributed by atoms with Gasteiger partial charge < -0.3 is 5.32 Å². The average molecular weight is 240 g/mol. The molecule has 84 valence electrons. The van der Waals surface area contributed by atoms with E-state index in [1.807, 2.05) is 25.2 Å². The van der Waals surface area contributed by atoms with Gasteiger partial charge in [0.1, 0.15) is 0 Å². The van der Waals surface area contributed by atoms with Crippen LogP contribution in [0.4, 0.5) is 5.69 Å². The fourth-order valence-electron chi connectivity index (χ4n) is 1.90. The van der Waals surface area contributed by atoms with Crippen molar-refractivity contribution in [2.24, 2.45) is 0 Å². The molecule has 0 aliphatic heterocycles. The first-order valence-electron chi connectivity index (χ1n) is 5.50. The molecule has 0 amide bonds. The number of hydrogen-bond acceptors (Lipinski definition) is 3. The van der Waals surface area contributed by atoms with Crippen LogP contribution in [0.2, 0.25) is 0 Å². The number of rotatable bonds is 2. The Morgan fingerprint density at radius 1 is 1.12 bits per heavy atom. The molecule has 2 nitrogen and oxygen atoms in total. The molecule has 2 aromatic heterocycles. The number of hydrogen-bond donors (Lipinski definition) is 1. The number of fused-ring (bicyclic) bond motifs is 1. The highest BCUT2D eigenvalue weighted by molar-refractivity contribution is 7.17. The molecule has 3 heteroatoms. The van der Waals surface area contributed by atoms with Crippen molar-refractivity contribution in [2.45, 2.75) is 0 Å². The highest BCUT2D eigenvalue weighted by Gasteiger charge is 2.07. The van der Waals surface area contributed by atoms with Crippen molar-refractivity contribution in [1.82, 2.24) is 4.98 Å². The summed E-state index contributed by atoms with van der Waals surface area (Å²) in [6.45, 7) is 0. The lowest BCUT2D eigenvalue weighted by Crippen LogP contribution is -1.91. The van der Waals surface area contributed by atoms with Crippen molar-refractivity contribution in [2.75, 3.05) is 12.4 Å². The van der Waals surface area contributed by atoms with Crippen molar-refractivity contribution < 1.29 is 0 Å². The third-order valence-corrected chi connectivity index (χ3v) is 3.69. The maximum absolute atomic E-state index is 4.68. The van der Waals surface area contributed by atoms with Gasteiger partial charge in [-0.05, 0) is 17.5 Å². The van der Waals surface area contributed by atoms with Crippen molar-refractivity contribution >= 4 is 27.2 Å². The molecule has 0 aliphatic carbocycles. The summed E-state index contributed by atoms with van der Waals surface area (Å²) >= 11 is 1.72. The van der Waals surface area contributed by atoms with Gasteiger partial charge >= 0.3 is 0 Å². The summed E-state index contributed by atoms with van der Waals surface area (Å²) in [6, 6.07) is 14.4. The minimum Gasteiger partial charge on any atom is -0.387 e. The SMILES string of the molecule is CNc1cc(-c2ccccc2)nc2ccsc12. The van der Waals surface area contributed by atoms with E-state index in [9.17, 15) is 0 Å². The summed E-state index contributed by atoms with van der Waals surface area (Å²) in [6.07, 6.45) is 0. The Hall–Kier alpha value is -1.87. The molecule has 2 heterocycles. The zero-order valence-corrected chi connectivity index (χ0v) is 10.3. The second kappa shape index (κ2) is 4.18. The van der Waals surface area contributed by atoms with Gasteiger partial charge in [-0.2, -0.15) is 0 Å². The molecule has 0 fully saturated rings. The topological polar surface area (TPSA) is 24.9 Å². The Morgan fingerprint density at radius 2 is 1.94 bits per heavy atom. The van der Waals surface area contributed by atoms with Gasteiger partial charge in [-0.25, -0.2) is 4.98 Å². The smallest absolute Gasteiger partial charge is 0.0838 e. The van der Waals surface area contributed by atoms with Crippen molar-refractivity contribution in [1.29, 1.82) is 0 Å². The van der Waals surface area contributed by atoms with Crippen LogP contribution in [-0.2, 0) is 0 Å². The van der Waals surface area contributed by atoms with Gasteiger partial charge in [0.2, 0.25) is 0 Å². The number of nitrogens with one attached hydrogen (secondary N) is 1. The molecule has 0 bridgehead atoms. The largest absolute Gasteiger partial charge is 0.387 e. The molecule has 0 saturated carbocycles. The highest BCUT2D eigenvalue weighted by atomic mass is 32.1. The molecule has 0 saturated heterocycles. The van der Waals surface area contributed by atoms with Gasteiger partial charge in [0.15, 0.2) is 0 Å². The van der Waals surface area contributed by atoms with Gasteiger partial charge in [0, 0.05) is 12.6 Å². The molecule has 1 aromatic carbocycles. The summed E-state index contributed by atoms with van der Waals surface area (Å²) in [7, 11) is 1.95. The molecule has 1 N–H and O–H groups in total. The fourth-order valence-corrected chi connectivity index (χ4v) is 2.75. The Bertz CT molecular complexity index is 644. The summed E-state index contributed by atoms with van der Waals surface area (Å²) in [5.74, 6) is 0. The van der Waals surface area contributed by atoms with Gasteiger partial charge in [-0.3, -0.25) is 0 Å². The quantitative estimate of drug-likeness (QED) is 0.732. The second-order valence-corrected chi connectivity index (χ2v) is 4.72. The molecule has 0 unspecified atom stereocenters. The molecule has 0 atom stereocenters. The van der Waals surface area contributed by atoms with Crippen LogP contribution in [0.3, 0.4) is 0 Å². The van der Waals surface area contributed by atoms with Crippen molar-refractivity contribution in [3.05, 3.63) is 47.8 Å². The number of pyridine rings is 1. The van der Waals surface area contributed by atoms with E-state index in [1.54, 1.807) is 11.3 Å². The number of aromatic nitrogens is 1. The van der Waals surface area contributed by atoms with Crippen LogP contribution in [0.15, 0.2) is 47.8 Å². The average Bonchev–Trinajstić information content (AvgIpc) is 2.86. The number of benzene rings is 1. The first-order chi connectivity index (χ1) is 8.38. The maximum atomic E-state index is 4.68. The van der Waals surface area contributed by atoms with E-state index in [2.05, 4.69) is 39.9 Å². The third kappa shape index (κ3) is 1.78. The Labute approximate surface area is 104 Å².